The van der Waals surface area contributed by atoms with Gasteiger partial charge in [0.2, 0.25) is 0 Å². The first-order chi connectivity index (χ1) is 11.8. The Morgan fingerprint density at radius 3 is 2.52 bits per heavy atom. The summed E-state index contributed by atoms with van der Waals surface area (Å²) in [6.45, 7) is 3.57. The van der Waals surface area contributed by atoms with Gasteiger partial charge in [-0.3, -0.25) is 4.79 Å². The zero-order chi connectivity index (χ0) is 18.6. The molecule has 0 unspecified atom stereocenters. The molecular formula is C17H15Br2ClN2O3. The molecule has 0 aliphatic carbocycles. The van der Waals surface area contributed by atoms with Gasteiger partial charge >= 0.3 is 0 Å². The summed E-state index contributed by atoms with van der Waals surface area (Å²) in [6.07, 6.45) is 1.42. The minimum Gasteiger partial charge on any atom is -0.507 e. The van der Waals surface area contributed by atoms with E-state index in [0.29, 0.717) is 20.8 Å². The number of ether oxygens (including phenoxy) is 1. The number of rotatable bonds is 5. The summed E-state index contributed by atoms with van der Waals surface area (Å²) in [4.78, 5) is 11.8. The third-order valence-corrected chi connectivity index (χ3v) is 5.16. The van der Waals surface area contributed by atoms with Crippen LogP contribution in [0.25, 0.3) is 0 Å². The Labute approximate surface area is 167 Å². The number of hydrogen-bond acceptors (Lipinski definition) is 4. The monoisotopic (exact) mass is 488 g/mol. The SMILES string of the molecule is Cc1cc(OCC(=O)N/N=C/c2cc(O)c(Br)cc2Br)cc(C)c1Cl. The van der Waals surface area contributed by atoms with E-state index in [4.69, 9.17) is 16.3 Å². The van der Waals surface area contributed by atoms with Crippen molar-refractivity contribution in [1.29, 1.82) is 0 Å². The predicted molar refractivity (Wildman–Crippen MR) is 106 cm³/mol. The number of phenolic OH excluding ortho intramolecular Hbond substituents is 1. The molecule has 132 valence electrons. The van der Waals surface area contributed by atoms with Crippen molar-refractivity contribution in [3.8, 4) is 11.5 Å². The molecule has 0 aromatic heterocycles. The van der Waals surface area contributed by atoms with Crippen LogP contribution in [0, 0.1) is 13.8 Å². The summed E-state index contributed by atoms with van der Waals surface area (Å²) in [5.74, 6) is 0.242. The average Bonchev–Trinajstić information content (AvgIpc) is 2.55. The summed E-state index contributed by atoms with van der Waals surface area (Å²) in [7, 11) is 0. The zero-order valence-corrected chi connectivity index (χ0v) is 17.4. The third-order valence-electron chi connectivity index (χ3n) is 3.24. The van der Waals surface area contributed by atoms with E-state index in [1.807, 2.05) is 13.8 Å². The fourth-order valence-corrected chi connectivity index (χ4v) is 3.20. The maximum Gasteiger partial charge on any atom is 0.277 e. The molecule has 25 heavy (non-hydrogen) atoms. The van der Waals surface area contributed by atoms with Crippen LogP contribution in [0.15, 0.2) is 38.3 Å². The van der Waals surface area contributed by atoms with Crippen molar-refractivity contribution in [3.05, 3.63) is 54.9 Å². The number of aromatic hydroxyl groups is 1. The molecule has 2 N–H and O–H groups in total. The second kappa shape index (κ2) is 8.69. The number of nitrogens with zero attached hydrogens (tertiary/aromatic N) is 1. The van der Waals surface area contributed by atoms with E-state index in [1.165, 1.54) is 12.3 Å². The van der Waals surface area contributed by atoms with Crippen LogP contribution in [0.5, 0.6) is 11.5 Å². The topological polar surface area (TPSA) is 70.9 Å². The van der Waals surface area contributed by atoms with Crippen molar-refractivity contribution < 1.29 is 14.6 Å². The van der Waals surface area contributed by atoms with E-state index in [-0.39, 0.29) is 12.4 Å². The molecule has 0 aliphatic heterocycles. The van der Waals surface area contributed by atoms with Gasteiger partial charge in [0.1, 0.15) is 11.5 Å². The minimum atomic E-state index is -0.404. The Morgan fingerprint density at radius 1 is 1.24 bits per heavy atom. The van der Waals surface area contributed by atoms with Gasteiger partial charge in [0.15, 0.2) is 6.61 Å². The van der Waals surface area contributed by atoms with Gasteiger partial charge in [-0.05, 0) is 65.2 Å². The van der Waals surface area contributed by atoms with Crippen LogP contribution in [-0.2, 0) is 4.79 Å². The van der Waals surface area contributed by atoms with E-state index in [2.05, 4.69) is 42.4 Å². The number of halogens is 3. The zero-order valence-electron chi connectivity index (χ0n) is 13.4. The van der Waals surface area contributed by atoms with Gasteiger partial charge < -0.3 is 9.84 Å². The highest BCUT2D eigenvalue weighted by molar-refractivity contribution is 9.11. The number of carbonyl (C=O) groups excluding carboxylic acids is 1. The quantitative estimate of drug-likeness (QED) is 0.471. The van der Waals surface area contributed by atoms with Gasteiger partial charge in [-0.25, -0.2) is 5.43 Å². The Hall–Kier alpha value is -1.57. The maximum atomic E-state index is 11.8. The molecule has 8 heteroatoms. The molecule has 0 bridgehead atoms. The average molecular weight is 491 g/mol. The Balaban J connectivity index is 1.92. The maximum absolute atomic E-state index is 11.8. The minimum absolute atomic E-state index is 0.0767. The molecule has 0 spiro atoms. The molecule has 0 saturated carbocycles. The molecule has 5 nitrogen and oxygen atoms in total. The predicted octanol–water partition coefficient (Wildman–Crippen LogP) is 4.72. The lowest BCUT2D eigenvalue weighted by molar-refractivity contribution is -0.123. The lowest BCUT2D eigenvalue weighted by Crippen LogP contribution is -2.24. The molecule has 0 heterocycles. The highest BCUT2D eigenvalue weighted by Crippen LogP contribution is 2.29. The summed E-state index contributed by atoms with van der Waals surface area (Å²) >= 11 is 12.7. The van der Waals surface area contributed by atoms with Crippen molar-refractivity contribution in [2.45, 2.75) is 13.8 Å². The summed E-state index contributed by atoms with van der Waals surface area (Å²) in [5, 5.41) is 14.2. The number of amides is 1. The van der Waals surface area contributed by atoms with Gasteiger partial charge in [0.25, 0.3) is 5.91 Å². The van der Waals surface area contributed by atoms with Crippen molar-refractivity contribution in [1.82, 2.24) is 5.43 Å². The van der Waals surface area contributed by atoms with E-state index in [0.717, 1.165) is 15.6 Å². The number of hydrogen-bond donors (Lipinski definition) is 2. The second-order valence-electron chi connectivity index (χ2n) is 5.28. The molecule has 2 aromatic rings. The number of carbonyl (C=O) groups is 1. The normalized spacial score (nSPS) is 10.9. The van der Waals surface area contributed by atoms with Crippen LogP contribution in [0.3, 0.4) is 0 Å². The van der Waals surface area contributed by atoms with Gasteiger partial charge in [0.05, 0.1) is 10.7 Å². The molecule has 0 fully saturated rings. The van der Waals surface area contributed by atoms with Crippen LogP contribution < -0.4 is 10.2 Å². The van der Waals surface area contributed by atoms with Crippen LogP contribution in [0.2, 0.25) is 5.02 Å². The van der Waals surface area contributed by atoms with Crippen molar-refractivity contribution in [3.63, 3.8) is 0 Å². The first-order valence-corrected chi connectivity index (χ1v) is 9.13. The van der Waals surface area contributed by atoms with Gasteiger partial charge in [-0.2, -0.15) is 5.10 Å². The Kier molecular flexibility index (Phi) is 6.87. The highest BCUT2D eigenvalue weighted by Gasteiger charge is 2.07. The number of nitrogens with one attached hydrogen (secondary N) is 1. The summed E-state index contributed by atoms with van der Waals surface area (Å²) in [5.41, 5.74) is 4.75. The Bertz CT molecular complexity index is 818. The van der Waals surface area contributed by atoms with Gasteiger partial charge in [-0.1, -0.05) is 27.5 Å². The first kappa shape index (κ1) is 19.8. The molecular weight excluding hydrogens is 475 g/mol. The molecule has 0 radical (unpaired) electrons. The fraction of sp³-hybridized carbons (Fsp3) is 0.176. The van der Waals surface area contributed by atoms with E-state index < -0.39 is 5.91 Å². The molecule has 1 amide bonds. The van der Waals surface area contributed by atoms with Crippen LogP contribution in [0.1, 0.15) is 16.7 Å². The lowest BCUT2D eigenvalue weighted by atomic mass is 10.1. The molecule has 0 saturated heterocycles. The van der Waals surface area contributed by atoms with Gasteiger partial charge in [-0.15, -0.1) is 0 Å². The molecule has 0 atom stereocenters. The van der Waals surface area contributed by atoms with E-state index >= 15 is 0 Å². The van der Waals surface area contributed by atoms with E-state index in [9.17, 15) is 9.90 Å². The van der Waals surface area contributed by atoms with E-state index in [1.54, 1.807) is 18.2 Å². The number of hydrazone groups is 1. The first-order valence-electron chi connectivity index (χ1n) is 7.17. The smallest absolute Gasteiger partial charge is 0.277 e. The Morgan fingerprint density at radius 2 is 1.88 bits per heavy atom. The van der Waals surface area contributed by atoms with Crippen LogP contribution in [0.4, 0.5) is 0 Å². The molecule has 0 aliphatic rings. The number of benzene rings is 2. The van der Waals surface area contributed by atoms with Crippen LogP contribution >= 0.6 is 43.5 Å². The van der Waals surface area contributed by atoms with Crippen molar-refractivity contribution in [2.75, 3.05) is 6.61 Å². The summed E-state index contributed by atoms with van der Waals surface area (Å²) < 4.78 is 6.72. The highest BCUT2D eigenvalue weighted by atomic mass is 79.9. The van der Waals surface area contributed by atoms with Crippen molar-refractivity contribution >= 4 is 55.6 Å². The molecule has 2 rings (SSSR count). The van der Waals surface area contributed by atoms with Crippen LogP contribution in [-0.4, -0.2) is 23.8 Å². The summed E-state index contributed by atoms with van der Waals surface area (Å²) in [6, 6.07) is 6.74. The number of aryl methyl sites for hydroxylation is 2. The standard InChI is InChI=1S/C17H15Br2ClN2O3/c1-9-3-12(4-10(2)17(9)20)25-8-16(24)22-21-7-11-5-15(23)14(19)6-13(11)18/h3-7,23H,8H2,1-2H3,(H,22,24)/b21-7+. The fourth-order valence-electron chi connectivity index (χ4n) is 2.00. The second-order valence-corrected chi connectivity index (χ2v) is 7.36. The largest absolute Gasteiger partial charge is 0.507 e. The molecule has 2 aromatic carbocycles. The number of phenols is 1. The lowest BCUT2D eigenvalue weighted by Gasteiger charge is -2.09. The third kappa shape index (κ3) is 5.45. The van der Waals surface area contributed by atoms with Gasteiger partial charge in [0, 0.05) is 15.1 Å². The van der Waals surface area contributed by atoms with Crippen molar-refractivity contribution in [2.24, 2.45) is 5.10 Å².